The van der Waals surface area contributed by atoms with E-state index in [0.29, 0.717) is 6.54 Å². The highest BCUT2D eigenvalue weighted by Gasteiger charge is 1.97. The van der Waals surface area contributed by atoms with Gasteiger partial charge in [-0.15, -0.1) is 0 Å². The Balaban J connectivity index is 3.45. The molecule has 0 fully saturated rings. The van der Waals surface area contributed by atoms with Crippen molar-refractivity contribution in [3.05, 3.63) is 12.2 Å². The largest absolute Gasteiger partial charge is 0.383 e. The van der Waals surface area contributed by atoms with Crippen molar-refractivity contribution in [2.75, 3.05) is 39.9 Å². The lowest BCUT2D eigenvalue weighted by atomic mass is 10.4. The number of ether oxygens (including phenoxy) is 1. The monoisotopic (exact) mass is 172 g/mol. The Morgan fingerprint density at radius 2 is 2.17 bits per heavy atom. The van der Waals surface area contributed by atoms with Crippen LogP contribution in [0.15, 0.2) is 12.2 Å². The van der Waals surface area contributed by atoms with Crippen LogP contribution in [0.2, 0.25) is 0 Å². The van der Waals surface area contributed by atoms with Crippen LogP contribution in [-0.2, 0) is 4.74 Å². The van der Waals surface area contributed by atoms with Crippen molar-refractivity contribution in [1.82, 2.24) is 4.90 Å². The van der Waals surface area contributed by atoms with E-state index in [-0.39, 0.29) is 0 Å². The van der Waals surface area contributed by atoms with Crippen LogP contribution >= 0.6 is 0 Å². The van der Waals surface area contributed by atoms with Crippen LogP contribution in [0.4, 0.5) is 0 Å². The van der Waals surface area contributed by atoms with E-state index in [9.17, 15) is 0 Å². The van der Waals surface area contributed by atoms with Gasteiger partial charge in [0.25, 0.3) is 0 Å². The third kappa shape index (κ3) is 6.34. The summed E-state index contributed by atoms with van der Waals surface area (Å²) in [6.07, 6.45) is 4.08. The number of methoxy groups -OCH3 is 1. The lowest BCUT2D eigenvalue weighted by molar-refractivity contribution is 0.157. The Labute approximate surface area is 75.2 Å². The van der Waals surface area contributed by atoms with Crippen molar-refractivity contribution in [3.63, 3.8) is 0 Å². The highest BCUT2D eigenvalue weighted by Crippen LogP contribution is 1.88. The van der Waals surface area contributed by atoms with Crippen molar-refractivity contribution in [3.8, 4) is 0 Å². The molecule has 12 heavy (non-hydrogen) atoms. The Morgan fingerprint density at radius 1 is 1.42 bits per heavy atom. The quantitative estimate of drug-likeness (QED) is 0.567. The summed E-state index contributed by atoms with van der Waals surface area (Å²) >= 11 is 0. The fourth-order valence-corrected chi connectivity index (χ4v) is 0.919. The standard InChI is InChI=1S/C9H20N2O/c1-3-11(8-9-12-2)7-5-4-6-10/h4-5H,3,6-10H2,1-2H3. The van der Waals surface area contributed by atoms with Crippen LogP contribution in [0.25, 0.3) is 0 Å². The predicted octanol–water partition coefficient (Wildman–Crippen LogP) is 0.470. The molecule has 0 rings (SSSR count). The molecule has 0 aromatic rings. The second-order valence-electron chi connectivity index (χ2n) is 2.59. The first-order chi connectivity index (χ1) is 5.85. The maximum absolute atomic E-state index is 5.33. The first-order valence-corrected chi connectivity index (χ1v) is 4.41. The fraction of sp³-hybridized carbons (Fsp3) is 0.778. The molecule has 0 radical (unpaired) electrons. The average molecular weight is 172 g/mol. The van der Waals surface area contributed by atoms with Crippen LogP contribution in [0.3, 0.4) is 0 Å². The number of nitrogens with zero attached hydrogens (tertiary/aromatic N) is 1. The molecule has 0 aliphatic carbocycles. The second-order valence-corrected chi connectivity index (χ2v) is 2.59. The van der Waals surface area contributed by atoms with Crippen molar-refractivity contribution in [2.24, 2.45) is 5.73 Å². The fourth-order valence-electron chi connectivity index (χ4n) is 0.919. The normalized spacial score (nSPS) is 11.7. The molecule has 0 unspecified atom stereocenters. The molecule has 3 nitrogen and oxygen atoms in total. The van der Waals surface area contributed by atoms with Gasteiger partial charge in [-0.25, -0.2) is 0 Å². The summed E-state index contributed by atoms with van der Waals surface area (Å²) in [7, 11) is 1.73. The molecule has 0 aromatic heterocycles. The Kier molecular flexibility index (Phi) is 8.44. The van der Waals surface area contributed by atoms with Crippen LogP contribution < -0.4 is 5.73 Å². The van der Waals surface area contributed by atoms with Gasteiger partial charge in [-0.2, -0.15) is 0 Å². The maximum Gasteiger partial charge on any atom is 0.0589 e. The van der Waals surface area contributed by atoms with E-state index in [1.807, 2.05) is 6.08 Å². The molecule has 0 saturated carbocycles. The van der Waals surface area contributed by atoms with Gasteiger partial charge in [0.15, 0.2) is 0 Å². The van der Waals surface area contributed by atoms with Crippen LogP contribution in [0.5, 0.6) is 0 Å². The molecule has 0 aromatic carbocycles. The Hall–Kier alpha value is -0.380. The molecule has 0 heterocycles. The minimum atomic E-state index is 0.627. The maximum atomic E-state index is 5.33. The Morgan fingerprint density at radius 3 is 2.67 bits per heavy atom. The van der Waals surface area contributed by atoms with Gasteiger partial charge in [0.05, 0.1) is 6.61 Å². The molecule has 0 saturated heterocycles. The van der Waals surface area contributed by atoms with Gasteiger partial charge in [-0.05, 0) is 6.54 Å². The summed E-state index contributed by atoms with van der Waals surface area (Å²) in [6.45, 7) is 6.58. The van der Waals surface area contributed by atoms with E-state index in [1.54, 1.807) is 7.11 Å². The number of hydrogen-bond donors (Lipinski definition) is 1. The summed E-state index contributed by atoms with van der Waals surface area (Å²) in [5, 5.41) is 0. The average Bonchev–Trinajstić information content (AvgIpc) is 2.11. The summed E-state index contributed by atoms with van der Waals surface area (Å²) in [4.78, 5) is 2.30. The van der Waals surface area contributed by atoms with Crippen LogP contribution in [0.1, 0.15) is 6.92 Å². The highest BCUT2D eigenvalue weighted by atomic mass is 16.5. The molecule has 0 spiro atoms. The zero-order chi connectivity index (χ0) is 9.23. The van der Waals surface area contributed by atoms with Crippen molar-refractivity contribution < 1.29 is 4.74 Å². The van der Waals surface area contributed by atoms with Crippen LogP contribution in [0, 0.1) is 0 Å². The van der Waals surface area contributed by atoms with E-state index in [4.69, 9.17) is 10.5 Å². The van der Waals surface area contributed by atoms with Gasteiger partial charge in [0.1, 0.15) is 0 Å². The van der Waals surface area contributed by atoms with E-state index in [0.717, 1.165) is 26.2 Å². The van der Waals surface area contributed by atoms with Gasteiger partial charge in [0.2, 0.25) is 0 Å². The van der Waals surface area contributed by atoms with Gasteiger partial charge in [-0.1, -0.05) is 19.1 Å². The van der Waals surface area contributed by atoms with E-state index < -0.39 is 0 Å². The number of rotatable bonds is 7. The minimum absolute atomic E-state index is 0.627. The summed E-state index contributed by atoms with van der Waals surface area (Å²) in [5.41, 5.74) is 5.33. The van der Waals surface area contributed by atoms with E-state index >= 15 is 0 Å². The van der Waals surface area contributed by atoms with Gasteiger partial charge in [-0.3, -0.25) is 4.90 Å². The zero-order valence-electron chi connectivity index (χ0n) is 8.12. The third-order valence-corrected chi connectivity index (χ3v) is 1.73. The molecule has 0 aliphatic rings. The van der Waals surface area contributed by atoms with E-state index in [2.05, 4.69) is 17.9 Å². The molecule has 0 amide bonds. The molecule has 72 valence electrons. The van der Waals surface area contributed by atoms with Crippen molar-refractivity contribution >= 4 is 0 Å². The molecule has 3 heteroatoms. The summed E-state index contributed by atoms with van der Waals surface area (Å²) in [6, 6.07) is 0. The number of likely N-dealkylation sites (N-methyl/N-ethyl adjacent to an activating group) is 1. The first kappa shape index (κ1) is 11.6. The van der Waals surface area contributed by atoms with Crippen molar-refractivity contribution in [1.29, 1.82) is 0 Å². The molecule has 2 N–H and O–H groups in total. The Bertz CT molecular complexity index is 115. The SMILES string of the molecule is CCN(CC=CCN)CCOC. The third-order valence-electron chi connectivity index (χ3n) is 1.73. The zero-order valence-corrected chi connectivity index (χ0v) is 8.12. The summed E-state index contributed by atoms with van der Waals surface area (Å²) < 4.78 is 4.99. The lowest BCUT2D eigenvalue weighted by Crippen LogP contribution is -2.27. The molecular formula is C9H20N2O. The smallest absolute Gasteiger partial charge is 0.0589 e. The van der Waals surface area contributed by atoms with Gasteiger partial charge < -0.3 is 10.5 Å². The first-order valence-electron chi connectivity index (χ1n) is 4.41. The van der Waals surface area contributed by atoms with Gasteiger partial charge in [0, 0.05) is 26.7 Å². The van der Waals surface area contributed by atoms with E-state index in [1.165, 1.54) is 0 Å². The lowest BCUT2D eigenvalue weighted by Gasteiger charge is -2.17. The van der Waals surface area contributed by atoms with Crippen molar-refractivity contribution in [2.45, 2.75) is 6.92 Å². The second kappa shape index (κ2) is 8.71. The molecule has 0 bridgehead atoms. The molecule has 0 atom stereocenters. The topological polar surface area (TPSA) is 38.5 Å². The number of hydrogen-bond acceptors (Lipinski definition) is 3. The molecular weight excluding hydrogens is 152 g/mol. The highest BCUT2D eigenvalue weighted by molar-refractivity contribution is 4.85. The number of nitrogens with two attached hydrogens (primary N) is 1. The van der Waals surface area contributed by atoms with Crippen LogP contribution in [-0.4, -0.2) is 44.8 Å². The summed E-state index contributed by atoms with van der Waals surface area (Å²) in [5.74, 6) is 0. The molecule has 0 aliphatic heterocycles. The predicted molar refractivity (Wildman–Crippen MR) is 52.2 cm³/mol. The minimum Gasteiger partial charge on any atom is -0.383 e. The van der Waals surface area contributed by atoms with Gasteiger partial charge >= 0.3 is 0 Å².